The largest absolute Gasteiger partial charge is 0.481 e. The van der Waals surface area contributed by atoms with Crippen LogP contribution < -0.4 is 10.6 Å². The fraction of sp³-hybridized carbons (Fsp3) is 0.158. The van der Waals surface area contributed by atoms with Gasteiger partial charge in [0.05, 0.1) is 23.8 Å². The van der Waals surface area contributed by atoms with E-state index < -0.39 is 5.97 Å². The number of halogens is 1. The maximum absolute atomic E-state index is 10.6. The average Bonchev–Trinajstić information content (AvgIpc) is 2.66. The van der Waals surface area contributed by atoms with Crippen LogP contribution >= 0.6 is 11.6 Å². The van der Waals surface area contributed by atoms with Crippen molar-refractivity contribution in [2.24, 2.45) is 0 Å². The third-order valence-corrected chi connectivity index (χ3v) is 3.90. The summed E-state index contributed by atoms with van der Waals surface area (Å²) in [7, 11) is 0. The van der Waals surface area contributed by atoms with Gasteiger partial charge in [0.1, 0.15) is 5.82 Å². The van der Waals surface area contributed by atoms with Crippen molar-refractivity contribution >= 4 is 34.8 Å². The van der Waals surface area contributed by atoms with Crippen molar-refractivity contribution in [1.82, 2.24) is 15.0 Å². The first kappa shape index (κ1) is 18.6. The Morgan fingerprint density at radius 1 is 1.07 bits per heavy atom. The second-order valence-electron chi connectivity index (χ2n) is 5.81. The van der Waals surface area contributed by atoms with E-state index in [-0.39, 0.29) is 6.42 Å². The van der Waals surface area contributed by atoms with Crippen molar-refractivity contribution in [2.75, 3.05) is 17.2 Å². The lowest BCUT2D eigenvalue weighted by Crippen LogP contribution is -2.05. The van der Waals surface area contributed by atoms with Gasteiger partial charge in [-0.1, -0.05) is 17.7 Å². The summed E-state index contributed by atoms with van der Waals surface area (Å²) in [5.74, 6) is -0.211. The summed E-state index contributed by atoms with van der Waals surface area (Å²) in [5, 5.41) is 15.7. The van der Waals surface area contributed by atoms with Gasteiger partial charge in [-0.05, 0) is 30.7 Å². The first-order valence-corrected chi connectivity index (χ1v) is 8.74. The molecule has 2 aromatic heterocycles. The molecule has 138 valence electrons. The Morgan fingerprint density at radius 3 is 2.74 bits per heavy atom. The molecule has 3 N–H and O–H groups in total. The van der Waals surface area contributed by atoms with Gasteiger partial charge in [0.25, 0.3) is 0 Å². The van der Waals surface area contributed by atoms with Crippen LogP contribution in [-0.4, -0.2) is 32.6 Å². The molecule has 0 amide bonds. The van der Waals surface area contributed by atoms with Crippen LogP contribution in [0.3, 0.4) is 0 Å². The SMILES string of the molecule is O=C(O)CCCNc1cncc(-c2cncc(Nc3cccc(Cl)c3)n2)c1. The number of carboxylic acids is 1. The van der Waals surface area contributed by atoms with Gasteiger partial charge in [0, 0.05) is 41.6 Å². The van der Waals surface area contributed by atoms with E-state index in [1.54, 1.807) is 36.9 Å². The van der Waals surface area contributed by atoms with E-state index >= 15 is 0 Å². The number of anilines is 3. The Morgan fingerprint density at radius 2 is 1.93 bits per heavy atom. The lowest BCUT2D eigenvalue weighted by Gasteiger charge is -2.09. The molecule has 3 rings (SSSR count). The highest BCUT2D eigenvalue weighted by atomic mass is 35.5. The van der Waals surface area contributed by atoms with Gasteiger partial charge in [-0.3, -0.25) is 14.8 Å². The first-order chi connectivity index (χ1) is 13.1. The molecule has 3 aromatic rings. The second-order valence-corrected chi connectivity index (χ2v) is 6.25. The fourth-order valence-corrected chi connectivity index (χ4v) is 2.62. The summed E-state index contributed by atoms with van der Waals surface area (Å²) in [6.45, 7) is 0.555. The Kier molecular flexibility index (Phi) is 6.17. The number of nitrogens with zero attached hydrogens (tertiary/aromatic N) is 3. The predicted octanol–water partition coefficient (Wildman–Crippen LogP) is 4.21. The summed E-state index contributed by atoms with van der Waals surface area (Å²) in [4.78, 5) is 23.6. The summed E-state index contributed by atoms with van der Waals surface area (Å²) < 4.78 is 0. The molecule has 0 saturated heterocycles. The molecule has 0 spiro atoms. The van der Waals surface area contributed by atoms with E-state index in [1.165, 1.54) is 0 Å². The first-order valence-electron chi connectivity index (χ1n) is 8.36. The van der Waals surface area contributed by atoms with Gasteiger partial charge in [0.2, 0.25) is 0 Å². The molecule has 0 aliphatic heterocycles. The van der Waals surface area contributed by atoms with Crippen LogP contribution in [-0.2, 0) is 4.79 Å². The maximum Gasteiger partial charge on any atom is 0.303 e. The van der Waals surface area contributed by atoms with Gasteiger partial charge >= 0.3 is 5.97 Å². The van der Waals surface area contributed by atoms with Crippen LogP contribution in [0.1, 0.15) is 12.8 Å². The molecular formula is C19H18ClN5O2. The van der Waals surface area contributed by atoms with Crippen LogP contribution in [0, 0.1) is 0 Å². The smallest absolute Gasteiger partial charge is 0.303 e. The van der Waals surface area contributed by atoms with Crippen LogP contribution in [0.4, 0.5) is 17.2 Å². The lowest BCUT2D eigenvalue weighted by atomic mass is 10.2. The van der Waals surface area contributed by atoms with Crippen molar-refractivity contribution in [2.45, 2.75) is 12.8 Å². The zero-order valence-corrected chi connectivity index (χ0v) is 15.1. The number of hydrogen-bond acceptors (Lipinski definition) is 6. The van der Waals surface area contributed by atoms with E-state index in [9.17, 15) is 4.79 Å². The third kappa shape index (κ3) is 5.65. The van der Waals surface area contributed by atoms with E-state index in [0.29, 0.717) is 29.5 Å². The molecule has 0 saturated carbocycles. The van der Waals surface area contributed by atoms with E-state index in [4.69, 9.17) is 16.7 Å². The van der Waals surface area contributed by atoms with E-state index in [0.717, 1.165) is 16.9 Å². The Bertz CT molecular complexity index is 935. The van der Waals surface area contributed by atoms with Crippen LogP contribution in [0.15, 0.2) is 55.1 Å². The van der Waals surface area contributed by atoms with Crippen molar-refractivity contribution in [3.63, 3.8) is 0 Å². The summed E-state index contributed by atoms with van der Waals surface area (Å²) in [6.07, 6.45) is 7.35. The van der Waals surface area contributed by atoms with Gasteiger partial charge in [-0.25, -0.2) is 4.98 Å². The molecule has 0 atom stereocenters. The molecule has 1 aromatic carbocycles. The molecule has 0 radical (unpaired) electrons. The molecule has 0 fully saturated rings. The quantitative estimate of drug-likeness (QED) is 0.501. The minimum atomic E-state index is -0.803. The van der Waals surface area contributed by atoms with Crippen molar-refractivity contribution in [3.8, 4) is 11.3 Å². The highest BCUT2D eigenvalue weighted by Gasteiger charge is 2.05. The number of rotatable bonds is 8. The third-order valence-electron chi connectivity index (χ3n) is 3.66. The molecule has 7 nitrogen and oxygen atoms in total. The molecule has 8 heteroatoms. The van der Waals surface area contributed by atoms with Gasteiger partial charge in [-0.15, -0.1) is 0 Å². The number of aliphatic carboxylic acids is 1. The summed E-state index contributed by atoms with van der Waals surface area (Å²) >= 11 is 6.00. The topological polar surface area (TPSA) is 100 Å². The minimum Gasteiger partial charge on any atom is -0.481 e. The van der Waals surface area contributed by atoms with E-state index in [2.05, 4.69) is 25.6 Å². The summed E-state index contributed by atoms with van der Waals surface area (Å²) in [5.41, 5.74) is 3.10. The predicted molar refractivity (Wildman–Crippen MR) is 105 cm³/mol. The van der Waals surface area contributed by atoms with Gasteiger partial charge < -0.3 is 15.7 Å². The average molecular weight is 384 g/mol. The highest BCUT2D eigenvalue weighted by molar-refractivity contribution is 6.30. The number of aromatic nitrogens is 3. The van der Waals surface area contributed by atoms with Gasteiger partial charge in [-0.2, -0.15) is 0 Å². The molecule has 0 aliphatic carbocycles. The zero-order chi connectivity index (χ0) is 19.1. The zero-order valence-electron chi connectivity index (χ0n) is 14.4. The number of carbonyl (C=O) groups is 1. The molecular weight excluding hydrogens is 366 g/mol. The Hall–Kier alpha value is -3.19. The van der Waals surface area contributed by atoms with Crippen molar-refractivity contribution in [1.29, 1.82) is 0 Å². The summed E-state index contributed by atoms with van der Waals surface area (Å²) in [6, 6.07) is 9.25. The normalized spacial score (nSPS) is 10.4. The monoisotopic (exact) mass is 383 g/mol. The fourth-order valence-electron chi connectivity index (χ4n) is 2.43. The molecule has 0 aliphatic rings. The van der Waals surface area contributed by atoms with E-state index in [1.807, 2.05) is 18.2 Å². The maximum atomic E-state index is 10.6. The van der Waals surface area contributed by atoms with Crippen molar-refractivity contribution in [3.05, 3.63) is 60.1 Å². The second kappa shape index (κ2) is 8.95. The molecule has 2 heterocycles. The Labute approximate surface area is 161 Å². The number of benzene rings is 1. The van der Waals surface area contributed by atoms with Crippen LogP contribution in [0.25, 0.3) is 11.3 Å². The number of carboxylic acid groups (broad SMARTS) is 1. The molecule has 27 heavy (non-hydrogen) atoms. The Balaban J connectivity index is 1.71. The minimum absolute atomic E-state index is 0.128. The number of nitrogens with one attached hydrogen (secondary N) is 2. The number of pyridine rings is 1. The van der Waals surface area contributed by atoms with Gasteiger partial charge in [0.15, 0.2) is 0 Å². The molecule has 0 unspecified atom stereocenters. The lowest BCUT2D eigenvalue weighted by molar-refractivity contribution is -0.137. The van der Waals surface area contributed by atoms with Crippen LogP contribution in [0.2, 0.25) is 5.02 Å². The standard InChI is InChI=1S/C19H18ClN5O2/c20-14-3-1-4-15(8-14)24-18-12-22-11-17(25-18)13-7-16(10-21-9-13)23-6-2-5-19(26)27/h1,3-4,7-12,23H,2,5-6H2,(H,24,25)(H,26,27). The molecule has 0 bridgehead atoms. The number of hydrogen-bond donors (Lipinski definition) is 3. The highest BCUT2D eigenvalue weighted by Crippen LogP contribution is 2.23. The van der Waals surface area contributed by atoms with Crippen molar-refractivity contribution < 1.29 is 9.90 Å². The van der Waals surface area contributed by atoms with Crippen LogP contribution in [0.5, 0.6) is 0 Å².